The monoisotopic (exact) mass is 422 g/mol. The Balaban J connectivity index is 1.84. The Bertz CT molecular complexity index is 1210. The van der Waals surface area contributed by atoms with Gasteiger partial charge in [0.1, 0.15) is 22.8 Å². The van der Waals surface area contributed by atoms with E-state index in [2.05, 4.69) is 0 Å². The van der Waals surface area contributed by atoms with Crippen LogP contribution in [0.15, 0.2) is 94.1 Å². The van der Waals surface area contributed by atoms with E-state index in [0.717, 1.165) is 0 Å². The first kappa shape index (κ1) is 19.8. The number of ether oxygens (including phenoxy) is 1. The van der Waals surface area contributed by atoms with Crippen molar-refractivity contribution in [2.75, 3.05) is 6.61 Å². The lowest BCUT2D eigenvalue weighted by atomic mass is 10.2. The minimum Gasteiger partial charge on any atom is -0.494 e. The zero-order valence-corrected chi connectivity index (χ0v) is 17.1. The van der Waals surface area contributed by atoms with Crippen LogP contribution in [0, 0.1) is 0 Å². The molecule has 1 heterocycles. The molecule has 6 nitrogen and oxygen atoms in total. The molecule has 0 aliphatic carbocycles. The summed E-state index contributed by atoms with van der Waals surface area (Å²) in [7, 11) is -4.14. The Kier molecular flexibility index (Phi) is 5.59. The molecule has 30 heavy (non-hydrogen) atoms. The summed E-state index contributed by atoms with van der Waals surface area (Å²) in [6.07, 6.45) is 0. The van der Waals surface area contributed by atoms with Crippen LogP contribution in [0.4, 0.5) is 0 Å². The van der Waals surface area contributed by atoms with Crippen LogP contribution in [-0.2, 0) is 4.57 Å². The lowest BCUT2D eigenvalue weighted by Crippen LogP contribution is -2.28. The summed E-state index contributed by atoms with van der Waals surface area (Å²) in [5.74, 6) is 1.21. The van der Waals surface area contributed by atoms with E-state index in [-0.39, 0.29) is 5.30 Å². The third-order valence-corrected chi connectivity index (χ3v) is 6.03. The Morgan fingerprint density at radius 2 is 1.40 bits per heavy atom. The van der Waals surface area contributed by atoms with Crippen molar-refractivity contribution in [1.29, 1.82) is 0 Å². The molecule has 0 saturated heterocycles. The molecule has 0 spiro atoms. The van der Waals surface area contributed by atoms with E-state index in [0.29, 0.717) is 34.8 Å². The average molecular weight is 422 g/mol. The summed E-state index contributed by atoms with van der Waals surface area (Å²) in [4.78, 5) is 12.7. The molecule has 0 N–H and O–H groups in total. The summed E-state index contributed by atoms with van der Waals surface area (Å²) in [6.45, 7) is 2.36. The third kappa shape index (κ3) is 4.24. The first-order valence-corrected chi connectivity index (χ1v) is 10.9. The number of hydrogen-bond acceptors (Lipinski definition) is 6. The predicted octanol–water partition coefficient (Wildman–Crippen LogP) is 5.17. The molecule has 3 aromatic carbocycles. The minimum atomic E-state index is -4.14. The third-order valence-electron chi connectivity index (χ3n) is 4.23. The van der Waals surface area contributed by atoms with Crippen LogP contribution in [0.25, 0.3) is 11.0 Å². The van der Waals surface area contributed by atoms with Gasteiger partial charge >= 0.3 is 13.2 Å². The Hall–Kier alpha value is -3.50. The molecule has 0 atom stereocenters. The van der Waals surface area contributed by atoms with Gasteiger partial charge in [-0.15, -0.1) is 0 Å². The molecular weight excluding hydrogens is 403 g/mol. The summed E-state index contributed by atoms with van der Waals surface area (Å²) < 4.78 is 36.3. The Morgan fingerprint density at radius 1 is 0.800 bits per heavy atom. The van der Waals surface area contributed by atoms with Crippen molar-refractivity contribution in [3.8, 4) is 17.2 Å². The maximum absolute atomic E-state index is 13.9. The van der Waals surface area contributed by atoms with E-state index in [9.17, 15) is 9.36 Å². The zero-order valence-electron chi connectivity index (χ0n) is 16.2. The molecule has 0 amide bonds. The second-order valence-corrected chi connectivity index (χ2v) is 8.20. The SMILES string of the molecule is CCOc1ccc2oc(=O)c(P(=O)(Oc3ccccc3)Oc3ccccc3)cc2c1. The molecule has 7 heteroatoms. The molecule has 0 fully saturated rings. The fourth-order valence-corrected chi connectivity index (χ4v) is 4.49. The van der Waals surface area contributed by atoms with E-state index in [1.807, 2.05) is 6.92 Å². The van der Waals surface area contributed by atoms with Gasteiger partial charge in [0.15, 0.2) is 5.30 Å². The van der Waals surface area contributed by atoms with Crippen LogP contribution < -0.4 is 24.7 Å². The molecule has 0 unspecified atom stereocenters. The van der Waals surface area contributed by atoms with Crippen molar-refractivity contribution in [2.45, 2.75) is 6.92 Å². The minimum absolute atomic E-state index is 0.198. The van der Waals surface area contributed by atoms with Gasteiger partial charge in [0.2, 0.25) is 0 Å². The largest absolute Gasteiger partial charge is 0.494 e. The number of benzene rings is 3. The van der Waals surface area contributed by atoms with Crippen LogP contribution in [0.2, 0.25) is 0 Å². The summed E-state index contributed by atoms with van der Waals surface area (Å²) >= 11 is 0. The van der Waals surface area contributed by atoms with Crippen LogP contribution >= 0.6 is 7.60 Å². The fourth-order valence-electron chi connectivity index (χ4n) is 2.90. The van der Waals surface area contributed by atoms with Gasteiger partial charge in [0.25, 0.3) is 0 Å². The van der Waals surface area contributed by atoms with Crippen molar-refractivity contribution < 1.29 is 22.8 Å². The molecule has 1 aromatic heterocycles. The molecule has 0 radical (unpaired) electrons. The predicted molar refractivity (Wildman–Crippen MR) is 115 cm³/mol. The van der Waals surface area contributed by atoms with E-state index in [1.165, 1.54) is 6.07 Å². The number of hydrogen-bond donors (Lipinski definition) is 0. The maximum Gasteiger partial charge on any atom is 0.470 e. The Morgan fingerprint density at radius 3 is 1.97 bits per heavy atom. The van der Waals surface area contributed by atoms with Gasteiger partial charge < -0.3 is 18.2 Å². The van der Waals surface area contributed by atoms with E-state index in [1.54, 1.807) is 78.9 Å². The lowest BCUT2D eigenvalue weighted by Gasteiger charge is -2.19. The van der Waals surface area contributed by atoms with Gasteiger partial charge in [-0.05, 0) is 55.5 Å². The van der Waals surface area contributed by atoms with Gasteiger partial charge in [-0.1, -0.05) is 36.4 Å². The molecule has 4 aromatic rings. The highest BCUT2D eigenvalue weighted by atomic mass is 31.2. The molecular formula is C23H19O6P. The number of rotatable bonds is 7. The van der Waals surface area contributed by atoms with Crippen LogP contribution in [0.1, 0.15) is 6.92 Å². The lowest BCUT2D eigenvalue weighted by molar-refractivity contribution is 0.340. The molecule has 0 aliphatic heterocycles. The molecule has 4 rings (SSSR count). The highest BCUT2D eigenvalue weighted by molar-refractivity contribution is 7.63. The molecule has 0 saturated carbocycles. The van der Waals surface area contributed by atoms with Crippen LogP contribution in [0.5, 0.6) is 17.2 Å². The van der Waals surface area contributed by atoms with Gasteiger partial charge in [0.05, 0.1) is 6.61 Å². The quantitative estimate of drug-likeness (QED) is 0.302. The molecule has 0 aliphatic rings. The van der Waals surface area contributed by atoms with E-state index < -0.39 is 13.2 Å². The fraction of sp³-hybridized carbons (Fsp3) is 0.0870. The smallest absolute Gasteiger partial charge is 0.470 e. The van der Waals surface area contributed by atoms with Crippen molar-refractivity contribution >= 4 is 23.9 Å². The van der Waals surface area contributed by atoms with Gasteiger partial charge in [-0.2, -0.15) is 0 Å². The second kappa shape index (κ2) is 8.47. The van der Waals surface area contributed by atoms with Crippen LogP contribution in [0.3, 0.4) is 0 Å². The second-order valence-electron chi connectivity index (χ2n) is 6.36. The highest BCUT2D eigenvalue weighted by Gasteiger charge is 2.36. The Labute approximate surface area is 173 Å². The van der Waals surface area contributed by atoms with Gasteiger partial charge in [0, 0.05) is 5.39 Å². The van der Waals surface area contributed by atoms with Gasteiger partial charge in [-0.3, -0.25) is 0 Å². The topological polar surface area (TPSA) is 75.0 Å². The number of fused-ring (bicyclic) bond motifs is 1. The zero-order chi connectivity index (χ0) is 21.0. The normalized spacial score (nSPS) is 11.2. The maximum atomic E-state index is 13.9. The standard InChI is InChI=1S/C23H19O6P/c1-2-26-20-13-14-21-17(15-20)16-22(23(24)27-21)30(25,28-18-9-5-3-6-10-18)29-19-11-7-4-8-12-19/h3-16H,2H2,1H3. The van der Waals surface area contributed by atoms with Crippen molar-refractivity contribution in [3.63, 3.8) is 0 Å². The average Bonchev–Trinajstić information content (AvgIpc) is 2.75. The summed E-state index contributed by atoms with van der Waals surface area (Å²) in [5, 5.41) is 0.348. The first-order chi connectivity index (χ1) is 14.6. The number of para-hydroxylation sites is 2. The van der Waals surface area contributed by atoms with Crippen molar-refractivity contribution in [1.82, 2.24) is 0 Å². The van der Waals surface area contributed by atoms with Crippen LogP contribution in [-0.4, -0.2) is 6.61 Å². The molecule has 0 bridgehead atoms. The summed E-state index contributed by atoms with van der Waals surface area (Å²) in [5.41, 5.74) is -0.444. The highest BCUT2D eigenvalue weighted by Crippen LogP contribution is 2.47. The molecule has 152 valence electrons. The summed E-state index contributed by atoms with van der Waals surface area (Å²) in [6, 6.07) is 23.6. The van der Waals surface area contributed by atoms with Crippen molar-refractivity contribution in [2.24, 2.45) is 0 Å². The van der Waals surface area contributed by atoms with E-state index >= 15 is 0 Å². The first-order valence-electron chi connectivity index (χ1n) is 9.38. The van der Waals surface area contributed by atoms with Crippen molar-refractivity contribution in [3.05, 3.63) is 95.3 Å². The van der Waals surface area contributed by atoms with E-state index in [4.69, 9.17) is 18.2 Å². The van der Waals surface area contributed by atoms with Gasteiger partial charge in [-0.25, -0.2) is 9.36 Å².